The van der Waals surface area contributed by atoms with Gasteiger partial charge in [-0.05, 0) is 103 Å². The number of aromatic nitrogens is 3. The lowest BCUT2D eigenvalue weighted by Crippen LogP contribution is -2.67. The van der Waals surface area contributed by atoms with Crippen molar-refractivity contribution in [2.75, 3.05) is 54.1 Å². The number of carbonyl (C=O) groups is 4. The lowest BCUT2D eigenvalue weighted by atomic mass is 9.84. The van der Waals surface area contributed by atoms with E-state index in [0.29, 0.717) is 67.1 Å². The van der Waals surface area contributed by atoms with Gasteiger partial charge in [-0.2, -0.15) is 0 Å². The number of amides is 3. The lowest BCUT2D eigenvalue weighted by Gasteiger charge is -2.41. The van der Waals surface area contributed by atoms with Gasteiger partial charge in [-0.15, -0.1) is 11.3 Å². The molecule has 7 rings (SSSR count). The number of fused-ring (bicyclic) bond motifs is 6. The van der Waals surface area contributed by atoms with Crippen LogP contribution in [0.15, 0.2) is 41.9 Å². The monoisotopic (exact) mass is 952 g/mol. The molecule has 4 aromatic rings. The zero-order chi connectivity index (χ0) is 48.4. The average Bonchev–Trinajstić information content (AvgIpc) is 3.88. The van der Waals surface area contributed by atoms with Crippen molar-refractivity contribution in [3.8, 4) is 34.4 Å². The van der Waals surface area contributed by atoms with E-state index in [1.807, 2.05) is 58.1 Å². The molecule has 2 fully saturated rings. The summed E-state index contributed by atoms with van der Waals surface area (Å²) in [5, 5.41) is 7.29. The molecular weight excluding hydrogens is 885 g/mol. The Balaban J connectivity index is 1.19. The number of pyridine rings is 1. The van der Waals surface area contributed by atoms with Crippen LogP contribution in [0.25, 0.3) is 33.4 Å². The summed E-state index contributed by atoms with van der Waals surface area (Å²) in [6, 6.07) is 9.51. The molecule has 2 N–H and O–H groups in total. The molecule has 0 aliphatic carbocycles. The van der Waals surface area contributed by atoms with Gasteiger partial charge in [-0.3, -0.25) is 34.1 Å². The highest BCUT2D eigenvalue weighted by atomic mass is 32.1. The maximum atomic E-state index is 14.6. The van der Waals surface area contributed by atoms with Crippen molar-refractivity contribution in [3.63, 3.8) is 0 Å². The van der Waals surface area contributed by atoms with Crippen molar-refractivity contribution in [2.45, 2.75) is 116 Å². The molecule has 3 aromatic heterocycles. The number of ether oxygens (including phenoxy) is 3. The number of rotatable bonds is 11. The Labute approximate surface area is 402 Å². The molecule has 0 saturated carbocycles. The molecular formula is C50H68N8O7SSi. The molecule has 3 amide bonds. The third-order valence-corrected chi connectivity index (χ3v) is 15.7. The smallest absolute Gasteiger partial charge is 0.323 e. The van der Waals surface area contributed by atoms with Gasteiger partial charge in [0.25, 0.3) is 11.8 Å². The van der Waals surface area contributed by atoms with Crippen LogP contribution in [0, 0.1) is 23.2 Å². The van der Waals surface area contributed by atoms with Crippen molar-refractivity contribution < 1.29 is 33.4 Å². The second-order valence-electron chi connectivity index (χ2n) is 19.9. The molecule has 6 bridgehead atoms. The fourth-order valence-electron chi connectivity index (χ4n) is 8.84. The molecule has 17 heteroatoms. The summed E-state index contributed by atoms with van der Waals surface area (Å²) in [7, 11) is 5.91. The fraction of sp³-hybridized carbons (Fsp3) is 0.560. The van der Waals surface area contributed by atoms with E-state index in [4.69, 9.17) is 24.2 Å². The topological polar surface area (TPSA) is 160 Å². The van der Waals surface area contributed by atoms with E-state index in [-0.39, 0.29) is 55.5 Å². The predicted molar refractivity (Wildman–Crippen MR) is 264 cm³/mol. The van der Waals surface area contributed by atoms with Crippen molar-refractivity contribution in [2.24, 2.45) is 11.3 Å². The number of hydrogen-bond donors (Lipinski definition) is 2. The Hall–Kier alpha value is -4.96. The first-order chi connectivity index (χ1) is 31.8. The van der Waals surface area contributed by atoms with E-state index in [1.165, 1.54) is 16.3 Å². The van der Waals surface area contributed by atoms with Crippen LogP contribution in [0.3, 0.4) is 0 Å². The Kier molecular flexibility index (Phi) is 15.1. The van der Waals surface area contributed by atoms with E-state index in [0.717, 1.165) is 44.7 Å². The van der Waals surface area contributed by atoms with Crippen LogP contribution < -0.4 is 10.7 Å². The third kappa shape index (κ3) is 10.8. The highest BCUT2D eigenvalue weighted by Crippen LogP contribution is 2.42. The molecule has 4 atom stereocenters. The number of esters is 1. The zero-order valence-electron chi connectivity index (χ0n) is 41.1. The average molecular weight is 953 g/mol. The minimum absolute atomic E-state index is 0.129. The number of nitrogens with one attached hydrogen (secondary N) is 2. The number of hydrogen-bond acceptors (Lipinski definition) is 12. The minimum Gasteiger partial charge on any atom is -0.464 e. The summed E-state index contributed by atoms with van der Waals surface area (Å²) in [6.45, 7) is 16.4. The van der Waals surface area contributed by atoms with Crippen LogP contribution in [0.4, 0.5) is 0 Å². The second kappa shape index (κ2) is 20.3. The van der Waals surface area contributed by atoms with Gasteiger partial charge in [-0.1, -0.05) is 32.8 Å². The second-order valence-corrected chi connectivity index (χ2v) is 22.6. The molecule has 0 spiro atoms. The van der Waals surface area contributed by atoms with Gasteiger partial charge in [0, 0.05) is 89.0 Å². The number of benzene rings is 1. The summed E-state index contributed by atoms with van der Waals surface area (Å²) in [6.07, 6.45) is 3.66. The van der Waals surface area contributed by atoms with E-state index in [9.17, 15) is 19.2 Å². The standard InChI is InChI=1S/C50H68N8O7SSi/c1-11-32(28-64-34-26-56(27-34)42(59)18-20-49(6,7)55(8)9)45(60)53-38-24-41-52-39(29-66-41)33-16-17-40-36(23-33)37(44(57(40)12-2)35-15-13-21-51-43(35)31(3)63-10)25-48(4,5)30-65-47(62)50(67)19-14-22-58(54-50)46(38)61/h13,15-17,21,23,29,31-32,34,38,54H,11-12,14,19,22,24-28,30H2,1-10,67H3,(H,53,60)/t31-,32-,38-,50-/m0/s1. The molecule has 0 radical (unpaired) electrons. The Morgan fingerprint density at radius 1 is 1.18 bits per heavy atom. The zero-order valence-corrected chi connectivity index (χ0v) is 43.9. The molecule has 2 saturated heterocycles. The maximum Gasteiger partial charge on any atom is 0.323 e. The Bertz CT molecular complexity index is 2560. The molecule has 6 heterocycles. The van der Waals surface area contributed by atoms with E-state index < -0.39 is 28.1 Å². The largest absolute Gasteiger partial charge is 0.464 e. The van der Waals surface area contributed by atoms with Gasteiger partial charge in [-0.25, -0.2) is 10.4 Å². The molecule has 3 aliphatic heterocycles. The highest BCUT2D eigenvalue weighted by Gasteiger charge is 2.43. The first-order valence-corrected chi connectivity index (χ1v) is 25.4. The minimum atomic E-state index is -1.05. The number of nitrogens with zero attached hydrogens (tertiary/aromatic N) is 6. The number of likely N-dealkylation sites (tertiary alicyclic amines) is 1. The molecule has 0 unspecified atom stereocenters. The molecule has 1 aromatic carbocycles. The summed E-state index contributed by atoms with van der Waals surface area (Å²) in [4.78, 5) is 69.2. The van der Waals surface area contributed by atoms with Crippen LogP contribution in [0.5, 0.6) is 0 Å². The summed E-state index contributed by atoms with van der Waals surface area (Å²) in [5.74, 6) is 3.95. The van der Waals surface area contributed by atoms with E-state index >= 15 is 0 Å². The highest BCUT2D eigenvalue weighted by molar-refractivity contribution is 7.10. The SMILES string of the molecule is CC[C@@H](COC1CN(C(=O)C#CC(C)(C)N(C)C)C1)C(=O)N[C@H]1Cc2nc(cs2)-c2ccc3c(c2)c(c(-c2cccnc2[C@H](C)OC)n3CC)CC(C)(C)COC(=O)[C@@]2([SiH3])CCCN(N2)C1=O. The first-order valence-electron chi connectivity index (χ1n) is 23.5. The number of methoxy groups -OCH3 is 1. The van der Waals surface area contributed by atoms with Crippen LogP contribution >= 0.6 is 11.3 Å². The Morgan fingerprint density at radius 2 is 1.94 bits per heavy atom. The van der Waals surface area contributed by atoms with Crippen molar-refractivity contribution >= 4 is 56.2 Å². The van der Waals surface area contributed by atoms with Gasteiger partial charge >= 0.3 is 5.97 Å². The Morgan fingerprint density at radius 3 is 2.64 bits per heavy atom. The number of carbonyl (C=O) groups excluding carboxylic acids is 4. The van der Waals surface area contributed by atoms with Crippen molar-refractivity contribution in [3.05, 3.63) is 58.2 Å². The molecule has 67 heavy (non-hydrogen) atoms. The fourth-order valence-corrected chi connectivity index (χ4v) is 10.5. The lowest BCUT2D eigenvalue weighted by molar-refractivity contribution is -0.158. The summed E-state index contributed by atoms with van der Waals surface area (Å²) in [5.41, 5.74) is 9.14. The molecule has 15 nitrogen and oxygen atoms in total. The number of aryl methyl sites for hydroxylation is 1. The van der Waals surface area contributed by atoms with Crippen LogP contribution in [-0.4, -0.2) is 140 Å². The van der Waals surface area contributed by atoms with Crippen LogP contribution in [-0.2, 0) is 52.8 Å². The normalized spacial score (nSPS) is 21.3. The number of cyclic esters (lactones) is 1. The molecule has 360 valence electrons. The van der Waals surface area contributed by atoms with Crippen LogP contribution in [0.2, 0.25) is 0 Å². The summed E-state index contributed by atoms with van der Waals surface area (Å²) >= 11 is 1.45. The quantitative estimate of drug-likeness (QED) is 0.124. The van der Waals surface area contributed by atoms with Gasteiger partial charge in [0.15, 0.2) is 0 Å². The third-order valence-electron chi connectivity index (χ3n) is 13.7. The van der Waals surface area contributed by atoms with Crippen molar-refractivity contribution in [1.29, 1.82) is 0 Å². The van der Waals surface area contributed by atoms with Gasteiger partial charge in [0.2, 0.25) is 5.91 Å². The van der Waals surface area contributed by atoms with Crippen LogP contribution in [0.1, 0.15) is 90.1 Å². The number of thiazole rings is 1. The van der Waals surface area contributed by atoms with E-state index in [2.05, 4.69) is 72.2 Å². The van der Waals surface area contributed by atoms with E-state index in [1.54, 1.807) is 18.2 Å². The number of hydrazine groups is 1. The van der Waals surface area contributed by atoms with Gasteiger partial charge in [0.1, 0.15) is 11.2 Å². The maximum absolute atomic E-state index is 14.6. The molecule has 3 aliphatic rings. The first kappa shape index (κ1) is 49.9. The predicted octanol–water partition coefficient (Wildman–Crippen LogP) is 4.49. The summed E-state index contributed by atoms with van der Waals surface area (Å²) < 4.78 is 20.6. The van der Waals surface area contributed by atoms with Gasteiger partial charge < -0.3 is 29.0 Å². The van der Waals surface area contributed by atoms with Gasteiger partial charge in [0.05, 0.1) is 59.0 Å². The van der Waals surface area contributed by atoms with Crippen molar-refractivity contribution in [1.82, 2.24) is 40.1 Å².